The molecule has 1 fully saturated rings. The van der Waals surface area contributed by atoms with Gasteiger partial charge in [0.25, 0.3) is 0 Å². The van der Waals surface area contributed by atoms with Crippen molar-refractivity contribution >= 4 is 27.7 Å². The van der Waals surface area contributed by atoms with Crippen LogP contribution in [0.15, 0.2) is 27.6 Å². The fourth-order valence-corrected chi connectivity index (χ4v) is 4.45. The molecule has 2 unspecified atom stereocenters. The SMILES string of the molecule is CC(C)(C)Sc1c(Br)cccc1CN1CCC(O)C(CO)C1. The quantitative estimate of drug-likeness (QED) is 0.775. The number of aliphatic hydroxyl groups excluding tert-OH is 2. The Hall–Kier alpha value is -0.0700. The Kier molecular flexibility index (Phi) is 6.37. The summed E-state index contributed by atoms with van der Waals surface area (Å²) < 4.78 is 1.30. The molecule has 0 amide bonds. The summed E-state index contributed by atoms with van der Waals surface area (Å²) in [5.74, 6) is -0.0281. The topological polar surface area (TPSA) is 43.7 Å². The highest BCUT2D eigenvalue weighted by Gasteiger charge is 2.28. The lowest BCUT2D eigenvalue weighted by atomic mass is 9.95. The molecule has 1 aliphatic heterocycles. The maximum absolute atomic E-state index is 9.91. The fraction of sp³-hybridized carbons (Fsp3) is 0.647. The highest BCUT2D eigenvalue weighted by molar-refractivity contribution is 9.10. The third kappa shape index (κ3) is 4.96. The van der Waals surface area contributed by atoms with Crippen LogP contribution < -0.4 is 0 Å². The second-order valence-electron chi connectivity index (χ2n) is 6.98. The summed E-state index contributed by atoms with van der Waals surface area (Å²) in [4.78, 5) is 3.63. The van der Waals surface area contributed by atoms with Crippen LogP contribution >= 0.6 is 27.7 Å². The van der Waals surface area contributed by atoms with E-state index >= 15 is 0 Å². The van der Waals surface area contributed by atoms with Crippen LogP contribution in [0.4, 0.5) is 0 Å². The third-order valence-electron chi connectivity index (χ3n) is 3.86. The average molecular weight is 388 g/mol. The molecule has 5 heteroatoms. The van der Waals surface area contributed by atoms with Crippen molar-refractivity contribution < 1.29 is 10.2 Å². The third-order valence-corrected chi connectivity index (χ3v) is 6.09. The monoisotopic (exact) mass is 387 g/mol. The first-order valence-corrected chi connectivity index (χ1v) is 9.39. The van der Waals surface area contributed by atoms with Crippen molar-refractivity contribution in [3.05, 3.63) is 28.2 Å². The van der Waals surface area contributed by atoms with E-state index in [0.717, 1.165) is 30.5 Å². The van der Waals surface area contributed by atoms with Gasteiger partial charge in [0.2, 0.25) is 0 Å². The predicted octanol–water partition coefficient (Wildman–Crippen LogP) is 3.51. The lowest BCUT2D eigenvalue weighted by Gasteiger charge is -2.35. The first-order valence-electron chi connectivity index (χ1n) is 7.78. The van der Waals surface area contributed by atoms with Crippen LogP contribution in [0, 0.1) is 5.92 Å². The molecule has 3 nitrogen and oxygen atoms in total. The number of thioether (sulfide) groups is 1. The van der Waals surface area contributed by atoms with Gasteiger partial charge in [-0.25, -0.2) is 0 Å². The normalized spacial score (nSPS) is 23.7. The number of halogens is 1. The van der Waals surface area contributed by atoms with Gasteiger partial charge in [0.15, 0.2) is 0 Å². The molecule has 1 saturated heterocycles. The Bertz CT molecular complexity index is 504. The minimum atomic E-state index is -0.368. The van der Waals surface area contributed by atoms with Crippen molar-refractivity contribution in [1.29, 1.82) is 0 Å². The van der Waals surface area contributed by atoms with Crippen molar-refractivity contribution in [3.63, 3.8) is 0 Å². The molecular weight excluding hydrogens is 362 g/mol. The van der Waals surface area contributed by atoms with Gasteiger partial charge < -0.3 is 10.2 Å². The lowest BCUT2D eigenvalue weighted by Crippen LogP contribution is -2.44. The molecule has 2 N–H and O–H groups in total. The Balaban J connectivity index is 2.14. The van der Waals surface area contributed by atoms with Crippen LogP contribution in [-0.4, -0.2) is 45.7 Å². The van der Waals surface area contributed by atoms with Gasteiger partial charge in [0.1, 0.15) is 0 Å². The average Bonchev–Trinajstić information content (AvgIpc) is 2.43. The van der Waals surface area contributed by atoms with Crippen LogP contribution in [0.3, 0.4) is 0 Å². The van der Waals surface area contributed by atoms with Gasteiger partial charge in [0.05, 0.1) is 6.10 Å². The van der Waals surface area contributed by atoms with Gasteiger partial charge in [-0.3, -0.25) is 4.90 Å². The number of aliphatic hydroxyl groups is 2. The number of hydrogen-bond donors (Lipinski definition) is 2. The fourth-order valence-electron chi connectivity index (χ4n) is 2.76. The molecule has 1 aromatic rings. The second-order valence-corrected chi connectivity index (χ2v) is 9.67. The summed E-state index contributed by atoms with van der Waals surface area (Å²) in [5.41, 5.74) is 1.31. The number of hydrogen-bond acceptors (Lipinski definition) is 4. The Morgan fingerprint density at radius 1 is 1.36 bits per heavy atom. The maximum Gasteiger partial charge on any atom is 0.0614 e. The molecule has 0 bridgehead atoms. The second kappa shape index (κ2) is 7.67. The Labute approximate surface area is 146 Å². The van der Waals surface area contributed by atoms with E-state index in [0.29, 0.717) is 0 Å². The van der Waals surface area contributed by atoms with Crippen molar-refractivity contribution in [2.45, 2.75) is 49.5 Å². The zero-order valence-electron chi connectivity index (χ0n) is 13.6. The van der Waals surface area contributed by atoms with E-state index in [-0.39, 0.29) is 23.4 Å². The molecule has 22 heavy (non-hydrogen) atoms. The Morgan fingerprint density at radius 3 is 2.73 bits per heavy atom. The molecular formula is C17H26BrNO2S. The molecule has 0 spiro atoms. The van der Waals surface area contributed by atoms with Crippen LogP contribution in [-0.2, 0) is 6.54 Å². The molecule has 0 saturated carbocycles. The van der Waals surface area contributed by atoms with Gasteiger partial charge in [-0.15, -0.1) is 11.8 Å². The molecule has 124 valence electrons. The summed E-state index contributed by atoms with van der Waals surface area (Å²) >= 11 is 5.56. The zero-order chi connectivity index (χ0) is 16.3. The number of piperidine rings is 1. The number of likely N-dealkylation sites (tertiary alicyclic amines) is 1. The van der Waals surface area contributed by atoms with E-state index in [1.54, 1.807) is 0 Å². The smallest absolute Gasteiger partial charge is 0.0614 e. The number of nitrogens with zero attached hydrogens (tertiary/aromatic N) is 1. The molecule has 0 radical (unpaired) electrons. The molecule has 1 aromatic carbocycles. The highest BCUT2D eigenvalue weighted by Crippen LogP contribution is 2.39. The van der Waals surface area contributed by atoms with Gasteiger partial charge in [-0.05, 0) is 34.0 Å². The van der Waals surface area contributed by atoms with Gasteiger partial charge >= 0.3 is 0 Å². The van der Waals surface area contributed by atoms with E-state index in [1.807, 2.05) is 11.8 Å². The maximum atomic E-state index is 9.91. The molecule has 1 aliphatic rings. The molecule has 0 aromatic heterocycles. The molecule has 1 heterocycles. The van der Waals surface area contributed by atoms with Gasteiger partial charge in [-0.2, -0.15) is 0 Å². The zero-order valence-corrected chi connectivity index (χ0v) is 16.0. The molecule has 2 atom stereocenters. The van der Waals surface area contributed by atoms with E-state index in [9.17, 15) is 10.2 Å². The summed E-state index contributed by atoms with van der Waals surface area (Å²) in [6.07, 6.45) is 0.369. The van der Waals surface area contributed by atoms with Crippen LogP contribution in [0.5, 0.6) is 0 Å². The number of rotatable bonds is 4. The largest absolute Gasteiger partial charge is 0.396 e. The minimum absolute atomic E-state index is 0.0281. The molecule has 2 rings (SSSR count). The van der Waals surface area contributed by atoms with E-state index < -0.39 is 0 Å². The van der Waals surface area contributed by atoms with Crippen LogP contribution in [0.25, 0.3) is 0 Å². The van der Waals surface area contributed by atoms with Crippen molar-refractivity contribution in [1.82, 2.24) is 4.90 Å². The lowest BCUT2D eigenvalue weighted by molar-refractivity contribution is -0.00222. The summed E-state index contributed by atoms with van der Waals surface area (Å²) in [6.45, 7) is 9.22. The Morgan fingerprint density at radius 2 is 2.09 bits per heavy atom. The van der Waals surface area contributed by atoms with Gasteiger partial charge in [0, 0.05) is 46.3 Å². The van der Waals surface area contributed by atoms with Crippen molar-refractivity contribution in [2.75, 3.05) is 19.7 Å². The standard InChI is InChI=1S/C17H26BrNO2S/c1-17(2,3)22-16-12(5-4-6-14(16)18)9-19-8-7-15(21)13(10-19)11-20/h4-6,13,15,20-21H,7-11H2,1-3H3. The van der Waals surface area contributed by atoms with Crippen molar-refractivity contribution in [3.8, 4) is 0 Å². The molecule has 0 aliphatic carbocycles. The van der Waals surface area contributed by atoms with Gasteiger partial charge in [-0.1, -0.05) is 32.9 Å². The highest BCUT2D eigenvalue weighted by atomic mass is 79.9. The van der Waals surface area contributed by atoms with Crippen LogP contribution in [0.2, 0.25) is 0 Å². The van der Waals surface area contributed by atoms with Crippen LogP contribution in [0.1, 0.15) is 32.8 Å². The number of benzene rings is 1. The van der Waals surface area contributed by atoms with E-state index in [4.69, 9.17) is 0 Å². The van der Waals surface area contributed by atoms with E-state index in [1.165, 1.54) is 10.5 Å². The summed E-state index contributed by atoms with van der Waals surface area (Å²) in [5, 5.41) is 19.3. The predicted molar refractivity (Wildman–Crippen MR) is 96.2 cm³/mol. The first kappa shape index (κ1) is 18.3. The first-order chi connectivity index (χ1) is 10.3. The minimum Gasteiger partial charge on any atom is -0.396 e. The summed E-state index contributed by atoms with van der Waals surface area (Å²) in [6, 6.07) is 6.35. The van der Waals surface area contributed by atoms with Crippen molar-refractivity contribution in [2.24, 2.45) is 5.92 Å². The van der Waals surface area contributed by atoms with E-state index in [2.05, 4.69) is 59.8 Å². The summed E-state index contributed by atoms with van der Waals surface area (Å²) in [7, 11) is 0.